The number of fused-ring (bicyclic) bond motifs is 1. The van der Waals surface area contributed by atoms with Crippen LogP contribution in [-0.2, 0) is 16.0 Å². The van der Waals surface area contributed by atoms with Crippen molar-refractivity contribution < 1.29 is 19.6 Å². The molecule has 122 valence electrons. The van der Waals surface area contributed by atoms with E-state index in [0.717, 1.165) is 12.0 Å². The molecule has 0 aromatic heterocycles. The first kappa shape index (κ1) is 15.5. The number of carboxylic acids is 1. The molecule has 23 heavy (non-hydrogen) atoms. The third-order valence-corrected chi connectivity index (χ3v) is 4.81. The Morgan fingerprint density at radius 2 is 2.00 bits per heavy atom. The maximum atomic E-state index is 12.8. The van der Waals surface area contributed by atoms with Crippen molar-refractivity contribution in [1.82, 2.24) is 0 Å². The van der Waals surface area contributed by atoms with Crippen molar-refractivity contribution in [2.45, 2.75) is 32.1 Å². The van der Waals surface area contributed by atoms with E-state index in [2.05, 4.69) is 0 Å². The fourth-order valence-corrected chi connectivity index (χ4v) is 3.57. The van der Waals surface area contributed by atoms with E-state index in [4.69, 9.17) is 5.11 Å². The molecule has 2 atom stereocenters. The first-order valence-electron chi connectivity index (χ1n) is 7.79. The van der Waals surface area contributed by atoms with Gasteiger partial charge in [0.15, 0.2) is 0 Å². The van der Waals surface area contributed by atoms with Gasteiger partial charge in [0.1, 0.15) is 0 Å². The van der Waals surface area contributed by atoms with E-state index < -0.39 is 16.8 Å². The Morgan fingerprint density at radius 1 is 1.26 bits per heavy atom. The molecule has 3 rings (SSSR count). The van der Waals surface area contributed by atoms with Gasteiger partial charge < -0.3 is 10.0 Å². The summed E-state index contributed by atoms with van der Waals surface area (Å²) in [5, 5.41) is 20.1. The highest BCUT2D eigenvalue weighted by Gasteiger charge is 2.36. The monoisotopic (exact) mass is 318 g/mol. The van der Waals surface area contributed by atoms with Gasteiger partial charge in [-0.1, -0.05) is 12.5 Å². The fourth-order valence-electron chi connectivity index (χ4n) is 3.57. The van der Waals surface area contributed by atoms with Gasteiger partial charge in [-0.3, -0.25) is 19.7 Å². The first-order chi connectivity index (χ1) is 11.0. The standard InChI is InChI=1S/C16H18N2O5/c19-15(11-2-1-3-12(8-11)16(20)21)17-7-6-10-4-5-13(18(22)23)9-14(10)17/h4-5,9,11-12H,1-3,6-8H2,(H,20,21). The molecule has 1 aromatic rings. The number of nitro groups is 1. The Kier molecular flexibility index (Phi) is 4.02. The predicted octanol–water partition coefficient (Wildman–Crippen LogP) is 2.37. The van der Waals surface area contributed by atoms with E-state index in [-0.39, 0.29) is 17.5 Å². The average Bonchev–Trinajstić information content (AvgIpc) is 2.97. The van der Waals surface area contributed by atoms with E-state index in [1.165, 1.54) is 12.1 Å². The van der Waals surface area contributed by atoms with E-state index in [1.54, 1.807) is 11.0 Å². The van der Waals surface area contributed by atoms with E-state index in [9.17, 15) is 19.7 Å². The number of non-ortho nitro benzene ring substituents is 1. The summed E-state index contributed by atoms with van der Waals surface area (Å²) in [6, 6.07) is 4.59. The second-order valence-electron chi connectivity index (χ2n) is 6.21. The molecule has 1 N–H and O–H groups in total. The number of benzene rings is 1. The van der Waals surface area contributed by atoms with Crippen LogP contribution < -0.4 is 4.90 Å². The first-order valence-corrected chi connectivity index (χ1v) is 7.79. The topological polar surface area (TPSA) is 101 Å². The number of amides is 1. The summed E-state index contributed by atoms with van der Waals surface area (Å²) < 4.78 is 0. The molecule has 1 amide bonds. The van der Waals surface area contributed by atoms with E-state index >= 15 is 0 Å². The molecular formula is C16H18N2O5. The van der Waals surface area contributed by atoms with Gasteiger partial charge in [-0.2, -0.15) is 0 Å². The van der Waals surface area contributed by atoms with Gasteiger partial charge >= 0.3 is 5.97 Å². The van der Waals surface area contributed by atoms with E-state index in [0.29, 0.717) is 37.9 Å². The SMILES string of the molecule is O=C(O)C1CCCC(C(=O)N2CCc3ccc([N+](=O)[O-])cc32)C1. The number of nitrogens with zero attached hydrogens (tertiary/aromatic N) is 2. The lowest BCUT2D eigenvalue weighted by atomic mass is 9.80. The van der Waals surface area contributed by atoms with Crippen molar-refractivity contribution in [1.29, 1.82) is 0 Å². The fraction of sp³-hybridized carbons (Fsp3) is 0.500. The zero-order valence-electron chi connectivity index (χ0n) is 12.6. The Bertz CT molecular complexity index is 672. The summed E-state index contributed by atoms with van der Waals surface area (Å²) in [6.07, 6.45) is 3.05. The van der Waals surface area contributed by atoms with Gasteiger partial charge in [0, 0.05) is 24.6 Å². The second kappa shape index (κ2) is 5.98. The van der Waals surface area contributed by atoms with Crippen LogP contribution in [0, 0.1) is 22.0 Å². The lowest BCUT2D eigenvalue weighted by Gasteiger charge is -2.29. The molecule has 0 spiro atoms. The van der Waals surface area contributed by atoms with Gasteiger partial charge in [0.2, 0.25) is 5.91 Å². The summed E-state index contributed by atoms with van der Waals surface area (Å²) in [6.45, 7) is 0.504. The van der Waals surface area contributed by atoms with Crippen LogP contribution in [0.25, 0.3) is 0 Å². The lowest BCUT2D eigenvalue weighted by molar-refractivity contribution is -0.384. The minimum Gasteiger partial charge on any atom is -0.481 e. The Hall–Kier alpha value is -2.44. The molecular weight excluding hydrogens is 300 g/mol. The van der Waals surface area contributed by atoms with E-state index in [1.807, 2.05) is 0 Å². The van der Waals surface area contributed by atoms with Crippen molar-refractivity contribution in [2.24, 2.45) is 11.8 Å². The Balaban J connectivity index is 1.81. The van der Waals surface area contributed by atoms with Crippen LogP contribution >= 0.6 is 0 Å². The number of carbonyl (C=O) groups is 2. The molecule has 1 saturated carbocycles. The molecule has 2 unspecified atom stereocenters. The van der Waals surface area contributed by atoms with Gasteiger partial charge in [-0.25, -0.2) is 0 Å². The number of hydrogen-bond acceptors (Lipinski definition) is 4. The second-order valence-corrected chi connectivity index (χ2v) is 6.21. The summed E-state index contributed by atoms with van der Waals surface area (Å²) in [5.74, 6) is -1.73. The van der Waals surface area contributed by atoms with Gasteiger partial charge in [-0.05, 0) is 31.2 Å². The zero-order chi connectivity index (χ0) is 16.6. The van der Waals surface area contributed by atoms with Crippen molar-refractivity contribution in [2.75, 3.05) is 11.4 Å². The highest BCUT2D eigenvalue weighted by molar-refractivity contribution is 5.97. The number of carboxylic acid groups (broad SMARTS) is 1. The van der Waals surface area contributed by atoms with Crippen LogP contribution in [0.4, 0.5) is 11.4 Å². The molecule has 1 aromatic carbocycles. The minimum atomic E-state index is -0.847. The van der Waals surface area contributed by atoms with Crippen molar-refractivity contribution in [3.8, 4) is 0 Å². The minimum absolute atomic E-state index is 0.0319. The van der Waals surface area contributed by atoms with Crippen LogP contribution in [0.3, 0.4) is 0 Å². The number of aliphatic carboxylic acids is 1. The molecule has 0 bridgehead atoms. The summed E-state index contributed by atoms with van der Waals surface area (Å²) in [5.41, 5.74) is 1.49. The molecule has 0 saturated heterocycles. The molecule has 1 heterocycles. The summed E-state index contributed by atoms with van der Waals surface area (Å²) in [4.78, 5) is 36.0. The normalized spacial score (nSPS) is 23.4. The molecule has 7 heteroatoms. The number of rotatable bonds is 3. The average molecular weight is 318 g/mol. The van der Waals surface area contributed by atoms with Crippen molar-refractivity contribution >= 4 is 23.3 Å². The van der Waals surface area contributed by atoms with Crippen LogP contribution in [-0.4, -0.2) is 28.5 Å². The highest BCUT2D eigenvalue weighted by atomic mass is 16.6. The highest BCUT2D eigenvalue weighted by Crippen LogP contribution is 2.36. The zero-order valence-corrected chi connectivity index (χ0v) is 12.6. The van der Waals surface area contributed by atoms with Crippen LogP contribution in [0.2, 0.25) is 0 Å². The summed E-state index contributed by atoms with van der Waals surface area (Å²) >= 11 is 0. The quantitative estimate of drug-likeness (QED) is 0.681. The molecule has 2 aliphatic rings. The Labute approximate surface area is 133 Å². The third kappa shape index (κ3) is 2.91. The van der Waals surface area contributed by atoms with Crippen molar-refractivity contribution in [3.05, 3.63) is 33.9 Å². The number of nitro benzene ring substituents is 1. The smallest absolute Gasteiger partial charge is 0.306 e. The number of carbonyl (C=O) groups excluding carboxylic acids is 1. The third-order valence-electron chi connectivity index (χ3n) is 4.81. The van der Waals surface area contributed by atoms with Crippen molar-refractivity contribution in [3.63, 3.8) is 0 Å². The molecule has 1 aliphatic heterocycles. The Morgan fingerprint density at radius 3 is 2.70 bits per heavy atom. The largest absolute Gasteiger partial charge is 0.481 e. The summed E-state index contributed by atoms with van der Waals surface area (Å²) in [7, 11) is 0. The van der Waals surface area contributed by atoms with Gasteiger partial charge in [0.25, 0.3) is 5.69 Å². The lowest BCUT2D eigenvalue weighted by Crippen LogP contribution is -2.38. The molecule has 1 fully saturated rings. The predicted molar refractivity (Wildman–Crippen MR) is 82.2 cm³/mol. The maximum absolute atomic E-state index is 12.8. The number of anilines is 1. The van der Waals surface area contributed by atoms with Crippen LogP contribution in [0.5, 0.6) is 0 Å². The van der Waals surface area contributed by atoms with Crippen LogP contribution in [0.1, 0.15) is 31.2 Å². The maximum Gasteiger partial charge on any atom is 0.306 e. The van der Waals surface area contributed by atoms with Gasteiger partial charge in [-0.15, -0.1) is 0 Å². The van der Waals surface area contributed by atoms with Crippen LogP contribution in [0.15, 0.2) is 18.2 Å². The molecule has 7 nitrogen and oxygen atoms in total. The molecule has 1 aliphatic carbocycles. The van der Waals surface area contributed by atoms with Gasteiger partial charge in [0.05, 0.1) is 16.5 Å². The molecule has 0 radical (unpaired) electrons. The number of hydrogen-bond donors (Lipinski definition) is 1.